The van der Waals surface area contributed by atoms with E-state index in [0.717, 1.165) is 18.9 Å². The van der Waals surface area contributed by atoms with Crippen molar-refractivity contribution in [3.05, 3.63) is 87.9 Å². The van der Waals surface area contributed by atoms with Crippen molar-refractivity contribution in [1.29, 1.82) is 0 Å². The summed E-state index contributed by atoms with van der Waals surface area (Å²) in [5.41, 5.74) is 12.9. The van der Waals surface area contributed by atoms with E-state index >= 15 is 0 Å². The monoisotopic (exact) mass is 502 g/mol. The molecule has 0 aliphatic carbocycles. The van der Waals surface area contributed by atoms with Crippen LogP contribution in [0.2, 0.25) is 0 Å². The number of anilines is 1. The van der Waals surface area contributed by atoms with Gasteiger partial charge in [0.1, 0.15) is 29.3 Å². The lowest BCUT2D eigenvalue weighted by Crippen LogP contribution is -2.21. The van der Waals surface area contributed by atoms with Gasteiger partial charge in [-0.2, -0.15) is 0 Å². The minimum Gasteiger partial charge on any atom is -0.386 e. The van der Waals surface area contributed by atoms with Crippen LogP contribution in [-0.2, 0) is 10.6 Å². The van der Waals surface area contributed by atoms with Gasteiger partial charge in [0.2, 0.25) is 0 Å². The van der Waals surface area contributed by atoms with Gasteiger partial charge in [-0.3, -0.25) is 4.79 Å². The number of rotatable bonds is 7. The van der Waals surface area contributed by atoms with Gasteiger partial charge in [-0.1, -0.05) is 12.1 Å². The van der Waals surface area contributed by atoms with E-state index < -0.39 is 29.6 Å². The predicted octanol–water partition coefficient (Wildman–Crippen LogP) is 3.93. The maximum atomic E-state index is 14.7. The average molecular weight is 503 g/mol. The Labute approximate surface area is 206 Å². The molecule has 3 aromatic rings. The van der Waals surface area contributed by atoms with Crippen LogP contribution in [0.3, 0.4) is 0 Å². The molecule has 1 aromatic heterocycles. The van der Waals surface area contributed by atoms with Crippen molar-refractivity contribution in [3.8, 4) is 0 Å². The van der Waals surface area contributed by atoms with Crippen LogP contribution in [0.5, 0.6) is 0 Å². The third-order valence-electron chi connectivity index (χ3n) is 6.19. The Bertz CT molecular complexity index is 1240. The number of carbonyl (C=O) groups is 1. The van der Waals surface area contributed by atoms with Crippen LogP contribution in [-0.4, -0.2) is 34.2 Å². The van der Waals surface area contributed by atoms with E-state index in [4.69, 9.17) is 27.8 Å². The summed E-state index contributed by atoms with van der Waals surface area (Å²) in [6, 6.07) is 7.89. The van der Waals surface area contributed by atoms with E-state index in [2.05, 4.69) is 9.97 Å². The first kappa shape index (κ1) is 25.0. The highest BCUT2D eigenvalue weighted by molar-refractivity contribution is 6.17. The number of primary amides is 1. The highest BCUT2D eigenvalue weighted by atomic mass is 35.5. The standard InChI is InChI=1S/C25H25ClF2N4O3/c26-11-13-7-16(9-17(27)8-13)21(15-1-2-18(25(30)34)19(28)10-15)23(33)22-24(29)31-12-20(32-22)14-3-5-35-6-4-14/h1-2,7-10,12,14,21,23,33H,3-6,11H2,(H2,29,31)(H2,30,34)/t21-,23-/m0/s1. The summed E-state index contributed by atoms with van der Waals surface area (Å²) < 4.78 is 34.6. The molecule has 0 radical (unpaired) electrons. The van der Waals surface area contributed by atoms with Gasteiger partial charge in [0.15, 0.2) is 0 Å². The van der Waals surface area contributed by atoms with Gasteiger partial charge in [0, 0.05) is 30.9 Å². The van der Waals surface area contributed by atoms with Crippen LogP contribution in [0, 0.1) is 11.6 Å². The number of halogens is 3. The zero-order chi connectivity index (χ0) is 25.1. The van der Waals surface area contributed by atoms with E-state index in [0.29, 0.717) is 30.0 Å². The SMILES string of the molecule is NC(=O)c1ccc([C@@H](c2cc(F)cc(CCl)c2)[C@H](O)c2nc(C3CCOCC3)cnc2N)cc1F. The van der Waals surface area contributed by atoms with Crippen LogP contribution < -0.4 is 11.5 Å². The molecule has 0 bridgehead atoms. The van der Waals surface area contributed by atoms with Gasteiger partial charge in [0.05, 0.1) is 17.5 Å². The van der Waals surface area contributed by atoms with Gasteiger partial charge in [0.25, 0.3) is 5.91 Å². The number of hydrogen-bond donors (Lipinski definition) is 3. The minimum absolute atomic E-state index is 0.00140. The highest BCUT2D eigenvalue weighted by Crippen LogP contribution is 2.39. The van der Waals surface area contributed by atoms with E-state index in [-0.39, 0.29) is 34.4 Å². The Morgan fingerprint density at radius 1 is 1.17 bits per heavy atom. The van der Waals surface area contributed by atoms with E-state index in [1.54, 1.807) is 12.3 Å². The normalized spacial score (nSPS) is 16.1. The van der Waals surface area contributed by atoms with E-state index in [9.17, 15) is 18.7 Å². The van der Waals surface area contributed by atoms with Crippen LogP contribution >= 0.6 is 11.6 Å². The molecular weight excluding hydrogens is 478 g/mol. The number of nitrogens with two attached hydrogens (primary N) is 2. The lowest BCUT2D eigenvalue weighted by molar-refractivity contribution is 0.0841. The Balaban J connectivity index is 1.83. The molecule has 35 heavy (non-hydrogen) atoms. The van der Waals surface area contributed by atoms with Crippen molar-refractivity contribution in [2.24, 2.45) is 5.73 Å². The molecule has 184 valence electrons. The fourth-order valence-electron chi connectivity index (χ4n) is 4.41. The minimum atomic E-state index is -1.41. The number of aromatic nitrogens is 2. The quantitative estimate of drug-likeness (QED) is 0.420. The molecule has 1 aliphatic heterocycles. The molecule has 1 fully saturated rings. The number of nitrogens with zero attached hydrogens (tertiary/aromatic N) is 2. The molecule has 1 saturated heterocycles. The van der Waals surface area contributed by atoms with Crippen LogP contribution in [0.15, 0.2) is 42.6 Å². The molecule has 2 heterocycles. The van der Waals surface area contributed by atoms with Crippen molar-refractivity contribution < 1.29 is 23.4 Å². The van der Waals surface area contributed by atoms with E-state index in [1.807, 2.05) is 0 Å². The summed E-state index contributed by atoms with van der Waals surface area (Å²) in [4.78, 5) is 20.4. The second-order valence-corrected chi connectivity index (χ2v) is 8.77. The first-order valence-electron chi connectivity index (χ1n) is 11.1. The first-order valence-corrected chi connectivity index (χ1v) is 11.6. The van der Waals surface area contributed by atoms with Crippen molar-refractivity contribution in [1.82, 2.24) is 9.97 Å². The van der Waals surface area contributed by atoms with Crippen LogP contribution in [0.1, 0.15) is 69.2 Å². The molecule has 2 aromatic carbocycles. The van der Waals surface area contributed by atoms with Crippen molar-refractivity contribution in [2.45, 2.75) is 36.7 Å². The second-order valence-electron chi connectivity index (χ2n) is 8.50. The Kier molecular flexibility index (Phi) is 7.59. The number of benzene rings is 2. The topological polar surface area (TPSA) is 124 Å². The molecule has 5 N–H and O–H groups in total. The number of aliphatic hydroxyl groups is 1. The number of carbonyl (C=O) groups excluding carboxylic acids is 1. The number of alkyl halides is 1. The van der Waals surface area contributed by atoms with Gasteiger partial charge >= 0.3 is 0 Å². The van der Waals surface area contributed by atoms with Crippen molar-refractivity contribution in [2.75, 3.05) is 18.9 Å². The number of ether oxygens (including phenoxy) is 1. The van der Waals surface area contributed by atoms with Crippen molar-refractivity contribution in [3.63, 3.8) is 0 Å². The molecule has 2 atom stereocenters. The summed E-state index contributed by atoms with van der Waals surface area (Å²) in [7, 11) is 0. The van der Waals surface area contributed by atoms with Gasteiger partial charge in [-0.05, 0) is 53.8 Å². The lowest BCUT2D eigenvalue weighted by atomic mass is 9.83. The molecular formula is C25H25ClF2N4O3. The summed E-state index contributed by atoms with van der Waals surface area (Å²) in [6.07, 6.45) is 1.66. The fourth-order valence-corrected chi connectivity index (χ4v) is 4.56. The summed E-state index contributed by atoms with van der Waals surface area (Å²) in [6.45, 7) is 1.18. The van der Waals surface area contributed by atoms with Gasteiger partial charge in [-0.15, -0.1) is 11.6 Å². The molecule has 7 nitrogen and oxygen atoms in total. The molecule has 0 unspecified atom stereocenters. The van der Waals surface area contributed by atoms with Gasteiger partial charge in [-0.25, -0.2) is 18.7 Å². The molecule has 1 amide bonds. The molecule has 0 spiro atoms. The zero-order valence-electron chi connectivity index (χ0n) is 18.8. The Morgan fingerprint density at radius 3 is 2.57 bits per heavy atom. The number of hydrogen-bond acceptors (Lipinski definition) is 6. The first-order chi connectivity index (χ1) is 16.8. The largest absolute Gasteiger partial charge is 0.386 e. The van der Waals surface area contributed by atoms with Gasteiger partial charge < -0.3 is 21.3 Å². The zero-order valence-corrected chi connectivity index (χ0v) is 19.5. The number of aliphatic hydroxyl groups excluding tert-OH is 1. The molecule has 10 heteroatoms. The molecule has 0 saturated carbocycles. The van der Waals surface area contributed by atoms with Crippen molar-refractivity contribution >= 4 is 23.3 Å². The number of nitrogen functional groups attached to an aromatic ring is 1. The predicted molar refractivity (Wildman–Crippen MR) is 127 cm³/mol. The summed E-state index contributed by atoms with van der Waals surface area (Å²) in [5, 5.41) is 11.5. The Hall–Kier alpha value is -3.14. The average Bonchev–Trinajstić information content (AvgIpc) is 2.84. The molecule has 1 aliphatic rings. The maximum Gasteiger partial charge on any atom is 0.251 e. The number of amides is 1. The third-order valence-corrected chi connectivity index (χ3v) is 6.50. The smallest absolute Gasteiger partial charge is 0.251 e. The fraction of sp³-hybridized carbons (Fsp3) is 0.320. The second kappa shape index (κ2) is 10.6. The third kappa shape index (κ3) is 5.42. The van der Waals surface area contributed by atoms with E-state index in [1.165, 1.54) is 24.3 Å². The molecule has 4 rings (SSSR count). The van der Waals surface area contributed by atoms with Crippen LogP contribution in [0.4, 0.5) is 14.6 Å². The summed E-state index contributed by atoms with van der Waals surface area (Å²) >= 11 is 5.94. The highest BCUT2D eigenvalue weighted by Gasteiger charge is 2.31. The Morgan fingerprint density at radius 2 is 1.91 bits per heavy atom. The lowest BCUT2D eigenvalue weighted by Gasteiger charge is -2.27. The maximum absolute atomic E-state index is 14.7. The van der Waals surface area contributed by atoms with Crippen LogP contribution in [0.25, 0.3) is 0 Å². The summed E-state index contributed by atoms with van der Waals surface area (Å²) in [5.74, 6) is -3.24.